The number of rotatable bonds is 3. The third-order valence-corrected chi connectivity index (χ3v) is 3.74. The molecule has 0 saturated heterocycles. The van der Waals surface area contributed by atoms with Gasteiger partial charge in [0, 0.05) is 32.2 Å². The number of hydrogen-bond donors (Lipinski definition) is 1. The second kappa shape index (κ2) is 5.59. The molecule has 0 unspecified atom stereocenters. The minimum absolute atomic E-state index is 0.842. The van der Waals surface area contributed by atoms with Crippen molar-refractivity contribution in [3.8, 4) is 0 Å². The quantitative estimate of drug-likeness (QED) is 0.928. The smallest absolute Gasteiger partial charge is 0.133 e. The number of nitrogens with zero attached hydrogens (tertiary/aromatic N) is 3. The number of fused-ring (bicyclic) bond motifs is 1. The third kappa shape index (κ3) is 2.65. The maximum atomic E-state index is 4.62. The van der Waals surface area contributed by atoms with Gasteiger partial charge in [0.15, 0.2) is 0 Å². The Morgan fingerprint density at radius 1 is 1.20 bits per heavy atom. The molecule has 0 aliphatic carbocycles. The van der Waals surface area contributed by atoms with Crippen LogP contribution >= 0.6 is 0 Å². The fraction of sp³-hybridized carbons (Fsp3) is 0.375. The Balaban J connectivity index is 1.80. The SMILES string of the molecule is CNc1nc(C)nc2c1CCN(Cc1ccccc1)C2. The van der Waals surface area contributed by atoms with Crippen molar-refractivity contribution >= 4 is 5.82 Å². The van der Waals surface area contributed by atoms with Crippen LogP contribution in [-0.4, -0.2) is 28.5 Å². The van der Waals surface area contributed by atoms with Gasteiger partial charge in [-0.1, -0.05) is 30.3 Å². The summed E-state index contributed by atoms with van der Waals surface area (Å²) in [7, 11) is 1.93. The molecule has 1 aliphatic rings. The summed E-state index contributed by atoms with van der Waals surface area (Å²) in [5, 5.41) is 3.19. The molecule has 4 heteroatoms. The van der Waals surface area contributed by atoms with Crippen LogP contribution in [0.25, 0.3) is 0 Å². The molecule has 1 aliphatic heterocycles. The lowest BCUT2D eigenvalue weighted by molar-refractivity contribution is 0.241. The molecule has 3 rings (SSSR count). The highest BCUT2D eigenvalue weighted by Gasteiger charge is 2.21. The summed E-state index contributed by atoms with van der Waals surface area (Å²) in [6.07, 6.45) is 1.01. The number of hydrogen-bond acceptors (Lipinski definition) is 4. The molecule has 20 heavy (non-hydrogen) atoms. The molecule has 1 N–H and O–H groups in total. The number of benzene rings is 1. The second-order valence-electron chi connectivity index (χ2n) is 5.24. The van der Waals surface area contributed by atoms with Crippen LogP contribution in [-0.2, 0) is 19.5 Å². The van der Waals surface area contributed by atoms with E-state index in [1.54, 1.807) is 0 Å². The Morgan fingerprint density at radius 3 is 2.75 bits per heavy atom. The van der Waals surface area contributed by atoms with Crippen molar-refractivity contribution in [2.75, 3.05) is 18.9 Å². The minimum Gasteiger partial charge on any atom is -0.373 e. The van der Waals surface area contributed by atoms with Crippen molar-refractivity contribution < 1.29 is 0 Å². The van der Waals surface area contributed by atoms with Crippen molar-refractivity contribution in [2.45, 2.75) is 26.4 Å². The van der Waals surface area contributed by atoms with Crippen LogP contribution in [0, 0.1) is 6.92 Å². The van der Waals surface area contributed by atoms with E-state index in [0.717, 1.165) is 37.7 Å². The molecule has 0 amide bonds. The van der Waals surface area contributed by atoms with Crippen molar-refractivity contribution in [1.29, 1.82) is 0 Å². The zero-order valence-corrected chi connectivity index (χ0v) is 12.1. The first-order chi connectivity index (χ1) is 9.76. The predicted octanol–water partition coefficient (Wildman–Crippen LogP) is 2.39. The molecule has 0 spiro atoms. The van der Waals surface area contributed by atoms with E-state index in [0.29, 0.717) is 0 Å². The van der Waals surface area contributed by atoms with Gasteiger partial charge in [-0.05, 0) is 18.9 Å². The fourth-order valence-electron chi connectivity index (χ4n) is 2.79. The molecule has 0 radical (unpaired) electrons. The molecule has 2 aromatic rings. The van der Waals surface area contributed by atoms with Crippen LogP contribution in [0.15, 0.2) is 30.3 Å². The van der Waals surface area contributed by atoms with E-state index in [1.165, 1.54) is 16.8 Å². The number of aromatic nitrogens is 2. The molecule has 1 aromatic heterocycles. The zero-order valence-electron chi connectivity index (χ0n) is 12.1. The lowest BCUT2D eigenvalue weighted by atomic mass is 10.0. The van der Waals surface area contributed by atoms with Gasteiger partial charge in [0.1, 0.15) is 11.6 Å². The Bertz CT molecular complexity index is 595. The Labute approximate surface area is 119 Å². The molecule has 2 heterocycles. The molecule has 0 fully saturated rings. The molecular weight excluding hydrogens is 248 g/mol. The van der Waals surface area contributed by atoms with Gasteiger partial charge in [0.05, 0.1) is 5.69 Å². The average molecular weight is 268 g/mol. The summed E-state index contributed by atoms with van der Waals surface area (Å²) in [6, 6.07) is 10.6. The van der Waals surface area contributed by atoms with Crippen LogP contribution < -0.4 is 5.32 Å². The molecule has 104 valence electrons. The fourth-order valence-corrected chi connectivity index (χ4v) is 2.79. The van der Waals surface area contributed by atoms with E-state index < -0.39 is 0 Å². The van der Waals surface area contributed by atoms with Gasteiger partial charge in [-0.3, -0.25) is 4.90 Å². The van der Waals surface area contributed by atoms with Crippen LogP contribution in [0.5, 0.6) is 0 Å². The van der Waals surface area contributed by atoms with Gasteiger partial charge in [-0.25, -0.2) is 9.97 Å². The summed E-state index contributed by atoms with van der Waals surface area (Å²) >= 11 is 0. The van der Waals surface area contributed by atoms with Gasteiger partial charge >= 0.3 is 0 Å². The first-order valence-electron chi connectivity index (χ1n) is 7.06. The summed E-state index contributed by atoms with van der Waals surface area (Å²) < 4.78 is 0. The van der Waals surface area contributed by atoms with Gasteiger partial charge in [0.25, 0.3) is 0 Å². The Hall–Kier alpha value is -1.94. The largest absolute Gasteiger partial charge is 0.373 e. The van der Waals surface area contributed by atoms with E-state index >= 15 is 0 Å². The minimum atomic E-state index is 0.842. The monoisotopic (exact) mass is 268 g/mol. The lowest BCUT2D eigenvalue weighted by Gasteiger charge is -2.29. The highest BCUT2D eigenvalue weighted by atomic mass is 15.1. The first kappa shape index (κ1) is 13.1. The van der Waals surface area contributed by atoms with Crippen molar-refractivity contribution in [2.24, 2.45) is 0 Å². The van der Waals surface area contributed by atoms with Gasteiger partial charge in [-0.15, -0.1) is 0 Å². The predicted molar refractivity (Wildman–Crippen MR) is 80.6 cm³/mol. The average Bonchev–Trinajstić information content (AvgIpc) is 2.47. The van der Waals surface area contributed by atoms with Crippen LogP contribution in [0.4, 0.5) is 5.82 Å². The third-order valence-electron chi connectivity index (χ3n) is 3.74. The van der Waals surface area contributed by atoms with Gasteiger partial charge in [0.2, 0.25) is 0 Å². The molecule has 1 aromatic carbocycles. The van der Waals surface area contributed by atoms with Crippen LogP contribution in [0.2, 0.25) is 0 Å². The van der Waals surface area contributed by atoms with E-state index in [-0.39, 0.29) is 0 Å². The maximum Gasteiger partial charge on any atom is 0.133 e. The normalized spacial score (nSPS) is 14.9. The molecule has 0 saturated carbocycles. The highest BCUT2D eigenvalue weighted by molar-refractivity contribution is 5.47. The summed E-state index contributed by atoms with van der Waals surface area (Å²) in [5.74, 6) is 1.83. The van der Waals surface area contributed by atoms with Gasteiger partial charge < -0.3 is 5.32 Å². The van der Waals surface area contributed by atoms with E-state index in [9.17, 15) is 0 Å². The molecule has 4 nitrogen and oxygen atoms in total. The van der Waals surface area contributed by atoms with Crippen molar-refractivity contribution in [3.05, 3.63) is 53.0 Å². The standard InChI is InChI=1S/C16H20N4/c1-12-18-15-11-20(10-13-6-4-3-5-7-13)9-8-14(15)16(17-2)19-12/h3-7H,8-11H2,1-2H3,(H,17,18,19). The summed E-state index contributed by atoms with van der Waals surface area (Å²) in [6.45, 7) is 4.90. The van der Waals surface area contributed by atoms with E-state index in [4.69, 9.17) is 0 Å². The first-order valence-corrected chi connectivity index (χ1v) is 7.06. The Kier molecular flexibility index (Phi) is 3.65. The topological polar surface area (TPSA) is 41.1 Å². The zero-order chi connectivity index (χ0) is 13.9. The molecular formula is C16H20N4. The van der Waals surface area contributed by atoms with E-state index in [2.05, 4.69) is 50.5 Å². The second-order valence-corrected chi connectivity index (χ2v) is 5.24. The highest BCUT2D eigenvalue weighted by Crippen LogP contribution is 2.24. The van der Waals surface area contributed by atoms with Crippen LogP contribution in [0.3, 0.4) is 0 Å². The Morgan fingerprint density at radius 2 is 2.00 bits per heavy atom. The number of anilines is 1. The summed E-state index contributed by atoms with van der Waals surface area (Å²) in [5.41, 5.74) is 3.81. The molecule has 0 bridgehead atoms. The van der Waals surface area contributed by atoms with Crippen molar-refractivity contribution in [1.82, 2.24) is 14.9 Å². The number of nitrogens with one attached hydrogen (secondary N) is 1. The van der Waals surface area contributed by atoms with Gasteiger partial charge in [-0.2, -0.15) is 0 Å². The van der Waals surface area contributed by atoms with E-state index in [1.807, 2.05) is 14.0 Å². The molecule has 0 atom stereocenters. The maximum absolute atomic E-state index is 4.62. The van der Waals surface area contributed by atoms with Crippen LogP contribution in [0.1, 0.15) is 22.6 Å². The summed E-state index contributed by atoms with van der Waals surface area (Å²) in [4.78, 5) is 11.5. The number of aryl methyl sites for hydroxylation is 1. The van der Waals surface area contributed by atoms with Crippen molar-refractivity contribution in [3.63, 3.8) is 0 Å². The lowest BCUT2D eigenvalue weighted by Crippen LogP contribution is -2.31.